The van der Waals surface area contributed by atoms with Crippen LogP contribution in [0.4, 0.5) is 19.0 Å². The van der Waals surface area contributed by atoms with Crippen molar-refractivity contribution in [1.29, 1.82) is 5.26 Å². The Labute approximate surface area is 208 Å². The fourth-order valence-electron chi connectivity index (χ4n) is 4.64. The molecule has 0 aliphatic carbocycles. The maximum Gasteiger partial charge on any atom is 0.393 e. The normalized spacial score (nSPS) is 15.7. The molecule has 182 valence electrons. The van der Waals surface area contributed by atoms with Crippen LogP contribution in [-0.4, -0.2) is 45.2 Å². The van der Waals surface area contributed by atoms with E-state index in [4.69, 9.17) is 16.9 Å². The number of thiophene rings is 1. The Morgan fingerprint density at radius 2 is 2.00 bits per heavy atom. The van der Waals surface area contributed by atoms with Gasteiger partial charge in [-0.3, -0.25) is 4.90 Å². The number of anilines is 1. The molecule has 0 radical (unpaired) electrons. The van der Waals surface area contributed by atoms with Crippen molar-refractivity contribution in [2.75, 3.05) is 18.4 Å². The Hall–Kier alpha value is -2.87. The highest BCUT2D eigenvalue weighted by molar-refractivity contribution is 7.18. The summed E-state index contributed by atoms with van der Waals surface area (Å²) in [6, 6.07) is 9.82. The lowest BCUT2D eigenvalue weighted by Crippen LogP contribution is -2.39. The van der Waals surface area contributed by atoms with Crippen LogP contribution in [0.2, 0.25) is 5.28 Å². The van der Waals surface area contributed by atoms with Gasteiger partial charge in [-0.25, -0.2) is 9.97 Å². The van der Waals surface area contributed by atoms with E-state index in [1.165, 1.54) is 17.2 Å². The van der Waals surface area contributed by atoms with Crippen molar-refractivity contribution in [3.05, 3.63) is 51.2 Å². The van der Waals surface area contributed by atoms with E-state index in [2.05, 4.69) is 44.2 Å². The fourth-order valence-corrected chi connectivity index (χ4v) is 5.91. The lowest BCUT2D eigenvalue weighted by molar-refractivity contribution is -0.126. The van der Waals surface area contributed by atoms with E-state index in [0.29, 0.717) is 21.7 Å². The lowest BCUT2D eigenvalue weighted by atomic mass is 10.0. The van der Waals surface area contributed by atoms with Gasteiger partial charge in [-0.1, -0.05) is 6.07 Å². The third-order valence-electron chi connectivity index (χ3n) is 6.42. The van der Waals surface area contributed by atoms with Gasteiger partial charge < -0.3 is 10.3 Å². The molecule has 0 bridgehead atoms. The van der Waals surface area contributed by atoms with Crippen molar-refractivity contribution in [2.45, 2.75) is 44.9 Å². The lowest BCUT2D eigenvalue weighted by Gasteiger charge is -2.33. The second-order valence-electron chi connectivity index (χ2n) is 8.87. The summed E-state index contributed by atoms with van der Waals surface area (Å²) >= 11 is 7.06. The summed E-state index contributed by atoms with van der Waals surface area (Å²) < 4.78 is 38.5. The molecule has 1 aromatic carbocycles. The minimum absolute atomic E-state index is 0.0213. The quantitative estimate of drug-likeness (QED) is 0.308. The van der Waals surface area contributed by atoms with Crippen molar-refractivity contribution in [3.63, 3.8) is 0 Å². The average molecular weight is 519 g/mol. The third kappa shape index (κ3) is 5.22. The number of hydrogen-bond donors (Lipinski definition) is 2. The molecule has 2 N–H and O–H groups in total. The van der Waals surface area contributed by atoms with Crippen molar-refractivity contribution >= 4 is 49.9 Å². The number of hydrogen-bond acceptors (Lipinski definition) is 6. The molecule has 4 aromatic rings. The van der Waals surface area contributed by atoms with Crippen molar-refractivity contribution in [1.82, 2.24) is 19.9 Å². The van der Waals surface area contributed by atoms with Gasteiger partial charge in [0.2, 0.25) is 5.28 Å². The maximum atomic E-state index is 12.8. The van der Waals surface area contributed by atoms with Gasteiger partial charge in [-0.05, 0) is 60.7 Å². The number of alkyl halides is 3. The van der Waals surface area contributed by atoms with E-state index in [9.17, 15) is 13.2 Å². The number of fused-ring (bicyclic) bond motifs is 2. The molecule has 5 rings (SSSR count). The Balaban J connectivity index is 1.25. The summed E-state index contributed by atoms with van der Waals surface area (Å²) in [4.78, 5) is 14.5. The van der Waals surface area contributed by atoms with Crippen LogP contribution in [0.15, 0.2) is 24.3 Å². The molecule has 1 aliphatic rings. The average Bonchev–Trinajstić information content (AvgIpc) is 3.39. The zero-order valence-electron chi connectivity index (χ0n) is 18.8. The van der Waals surface area contributed by atoms with Gasteiger partial charge in [-0.15, -0.1) is 11.3 Å². The molecule has 0 unspecified atom stereocenters. The SMILES string of the molecule is Cc1c(CN2CCC(Nc3nc(Cl)nc4sc(CC(F)(F)F)cc34)CC2)ccc2[nH]c(C#N)cc12. The first-order valence-electron chi connectivity index (χ1n) is 11.2. The molecule has 0 atom stereocenters. The van der Waals surface area contributed by atoms with Crippen LogP contribution in [0.3, 0.4) is 0 Å². The molecule has 1 aliphatic heterocycles. The van der Waals surface area contributed by atoms with Gasteiger partial charge in [-0.2, -0.15) is 18.4 Å². The van der Waals surface area contributed by atoms with E-state index in [0.717, 1.165) is 54.7 Å². The zero-order valence-corrected chi connectivity index (χ0v) is 20.4. The number of aryl methyl sites for hydroxylation is 1. The summed E-state index contributed by atoms with van der Waals surface area (Å²) in [5.74, 6) is 0.491. The molecule has 0 saturated carbocycles. The first-order valence-corrected chi connectivity index (χ1v) is 12.4. The van der Waals surface area contributed by atoms with Crippen LogP contribution in [0, 0.1) is 18.3 Å². The molecule has 11 heteroatoms. The smallest absolute Gasteiger partial charge is 0.367 e. The highest BCUT2D eigenvalue weighted by Gasteiger charge is 2.29. The first-order chi connectivity index (χ1) is 16.7. The van der Waals surface area contributed by atoms with Gasteiger partial charge in [0, 0.05) is 41.5 Å². The van der Waals surface area contributed by atoms with Gasteiger partial charge in [0.15, 0.2) is 0 Å². The Kier molecular flexibility index (Phi) is 6.34. The monoisotopic (exact) mass is 518 g/mol. The predicted molar refractivity (Wildman–Crippen MR) is 132 cm³/mol. The van der Waals surface area contributed by atoms with E-state index in [-0.39, 0.29) is 16.2 Å². The van der Waals surface area contributed by atoms with Gasteiger partial charge in [0.1, 0.15) is 22.4 Å². The molecular formula is C24H22ClF3N6S. The minimum atomic E-state index is -4.28. The topological polar surface area (TPSA) is 80.6 Å². The van der Waals surface area contributed by atoms with Gasteiger partial charge in [0.05, 0.1) is 11.8 Å². The van der Waals surface area contributed by atoms with Crippen molar-refractivity contribution in [2.24, 2.45) is 0 Å². The van der Waals surface area contributed by atoms with Crippen LogP contribution >= 0.6 is 22.9 Å². The van der Waals surface area contributed by atoms with Crippen LogP contribution < -0.4 is 5.32 Å². The van der Waals surface area contributed by atoms with Crippen LogP contribution in [0.1, 0.15) is 34.5 Å². The molecule has 6 nitrogen and oxygen atoms in total. The van der Waals surface area contributed by atoms with Crippen molar-refractivity contribution in [3.8, 4) is 6.07 Å². The number of nitriles is 1. The number of nitrogens with one attached hydrogen (secondary N) is 2. The number of likely N-dealkylation sites (tertiary alicyclic amines) is 1. The predicted octanol–water partition coefficient (Wildman–Crippen LogP) is 6.19. The fraction of sp³-hybridized carbons (Fsp3) is 0.375. The number of halogens is 4. The zero-order chi connectivity index (χ0) is 24.7. The summed E-state index contributed by atoms with van der Waals surface area (Å²) in [6.07, 6.45) is -3.53. The first kappa shape index (κ1) is 23.9. The molecule has 35 heavy (non-hydrogen) atoms. The number of nitrogens with zero attached hydrogens (tertiary/aromatic N) is 4. The van der Waals surface area contributed by atoms with Gasteiger partial charge in [0.25, 0.3) is 0 Å². The van der Waals surface area contributed by atoms with Gasteiger partial charge >= 0.3 is 6.18 Å². The number of rotatable bonds is 5. The summed E-state index contributed by atoms with van der Waals surface area (Å²) in [5.41, 5.74) is 3.92. The molecule has 4 heterocycles. The van der Waals surface area contributed by atoms with E-state index >= 15 is 0 Å². The highest BCUT2D eigenvalue weighted by atomic mass is 35.5. The Morgan fingerprint density at radius 3 is 2.71 bits per heavy atom. The summed E-state index contributed by atoms with van der Waals surface area (Å²) in [6.45, 7) is 4.64. The number of benzene rings is 1. The molecule has 0 amide bonds. The van der Waals surface area contributed by atoms with Crippen LogP contribution in [0.25, 0.3) is 21.1 Å². The molecular weight excluding hydrogens is 497 g/mol. The maximum absolute atomic E-state index is 12.8. The van der Waals surface area contributed by atoms with Crippen molar-refractivity contribution < 1.29 is 13.2 Å². The number of H-pyrrole nitrogens is 1. The summed E-state index contributed by atoms with van der Waals surface area (Å²) in [5, 5.41) is 14.2. The van der Waals surface area contributed by atoms with Crippen LogP contribution in [-0.2, 0) is 13.0 Å². The van der Waals surface area contributed by atoms with E-state index in [1.54, 1.807) is 0 Å². The molecule has 0 spiro atoms. The molecule has 1 saturated heterocycles. The largest absolute Gasteiger partial charge is 0.393 e. The highest BCUT2D eigenvalue weighted by Crippen LogP contribution is 2.34. The standard InChI is InChI=1S/C24H22ClF3N6S/c1-13-14(2-3-20-18(13)8-16(11-29)30-20)12-34-6-4-15(5-7-34)31-21-19-9-17(10-24(26,27)28)35-22(19)33-23(25)32-21/h2-3,8-9,15,30H,4-7,10,12H2,1H3,(H,31,32,33). The Bertz CT molecular complexity index is 1430. The summed E-state index contributed by atoms with van der Waals surface area (Å²) in [7, 11) is 0. The van der Waals surface area contributed by atoms with E-state index in [1.807, 2.05) is 12.1 Å². The van der Waals surface area contributed by atoms with Crippen LogP contribution in [0.5, 0.6) is 0 Å². The number of aromatic amines is 1. The second kappa shape index (κ2) is 9.30. The Morgan fingerprint density at radius 1 is 1.23 bits per heavy atom. The molecule has 1 fully saturated rings. The van der Waals surface area contributed by atoms with E-state index < -0.39 is 12.6 Å². The second-order valence-corrected chi connectivity index (χ2v) is 10.3. The third-order valence-corrected chi connectivity index (χ3v) is 7.62. The minimum Gasteiger partial charge on any atom is -0.367 e. The number of piperidine rings is 1. The number of aromatic nitrogens is 3. The molecule has 3 aromatic heterocycles.